The molecular weight excluding hydrogens is 578 g/mol. The Bertz CT molecular complexity index is 838. The van der Waals surface area contributed by atoms with Gasteiger partial charge in [0.25, 0.3) is 0 Å². The predicted octanol–water partition coefficient (Wildman–Crippen LogP) is 12.0. The van der Waals surface area contributed by atoms with E-state index in [1.807, 2.05) is 6.08 Å². The lowest BCUT2D eigenvalue weighted by molar-refractivity contribution is -0.123. The molecule has 0 spiro atoms. The number of allylic oxidation sites excluding steroid dienone is 11. The molecule has 0 radical (unpaired) electrons. The van der Waals surface area contributed by atoms with Gasteiger partial charge in [0.05, 0.1) is 18.8 Å². The van der Waals surface area contributed by atoms with E-state index >= 15 is 0 Å². The van der Waals surface area contributed by atoms with Crippen LogP contribution < -0.4 is 5.32 Å². The van der Waals surface area contributed by atoms with Crippen LogP contribution in [0.2, 0.25) is 0 Å². The maximum Gasteiger partial charge on any atom is 0.220 e. The Hall–Kier alpha value is -2.17. The summed E-state index contributed by atoms with van der Waals surface area (Å²) in [5, 5.41) is 22.7. The van der Waals surface area contributed by atoms with Crippen molar-refractivity contribution >= 4 is 5.91 Å². The molecule has 0 aliphatic rings. The molecule has 0 aliphatic heterocycles. The lowest BCUT2D eigenvalue weighted by Gasteiger charge is -2.20. The van der Waals surface area contributed by atoms with E-state index in [-0.39, 0.29) is 12.5 Å². The summed E-state index contributed by atoms with van der Waals surface area (Å²) in [7, 11) is 0. The van der Waals surface area contributed by atoms with Crippen LogP contribution in [-0.2, 0) is 4.79 Å². The van der Waals surface area contributed by atoms with Gasteiger partial charge >= 0.3 is 0 Å². The quantitative estimate of drug-likeness (QED) is 0.0478. The van der Waals surface area contributed by atoms with Gasteiger partial charge in [-0.3, -0.25) is 4.79 Å². The fraction of sp³-hybridized carbons (Fsp3) is 0.698. The number of amides is 1. The number of hydrogen-bond acceptors (Lipinski definition) is 3. The first-order chi connectivity index (χ1) is 23.2. The molecule has 0 saturated heterocycles. The summed E-state index contributed by atoms with van der Waals surface area (Å²) in [4.78, 5) is 12.3. The molecule has 0 saturated carbocycles. The standard InChI is InChI=1S/C43H75NO3/c1-3-5-7-9-11-12-13-14-15-16-17-18-19-20-21-22-23-24-25-26-27-28-29-30-31-32-33-35-37-39-43(47)44-41(40-45)42(46)38-36-34-10-8-6-4-2/h5,7,11-12,14-15,17-18,20-21,36,38,41-42,45-46H,3-4,6,8-10,13,16,19,22-35,37,39-40H2,1-2H3,(H,44,47)/b7-5-,12-11-,15-14-,18-17-,21-20-,38-36+. The Labute approximate surface area is 291 Å². The van der Waals surface area contributed by atoms with Gasteiger partial charge in [0.2, 0.25) is 5.91 Å². The molecule has 0 fully saturated rings. The maximum absolute atomic E-state index is 12.3. The van der Waals surface area contributed by atoms with Crippen molar-refractivity contribution in [2.24, 2.45) is 0 Å². The highest BCUT2D eigenvalue weighted by molar-refractivity contribution is 5.76. The van der Waals surface area contributed by atoms with Gasteiger partial charge in [-0.2, -0.15) is 0 Å². The van der Waals surface area contributed by atoms with Crippen LogP contribution in [-0.4, -0.2) is 34.9 Å². The fourth-order valence-electron chi connectivity index (χ4n) is 5.44. The molecule has 0 aromatic heterocycles. The molecule has 4 nitrogen and oxygen atoms in total. The monoisotopic (exact) mass is 654 g/mol. The molecule has 0 heterocycles. The Morgan fingerprint density at radius 3 is 1.40 bits per heavy atom. The van der Waals surface area contributed by atoms with Gasteiger partial charge in [-0.05, 0) is 64.2 Å². The molecular formula is C43H75NO3. The first-order valence-electron chi connectivity index (χ1n) is 19.7. The molecule has 270 valence electrons. The fourth-order valence-corrected chi connectivity index (χ4v) is 5.44. The Morgan fingerprint density at radius 2 is 0.936 bits per heavy atom. The van der Waals surface area contributed by atoms with Gasteiger partial charge in [0.15, 0.2) is 0 Å². The number of unbranched alkanes of at least 4 members (excludes halogenated alkanes) is 17. The zero-order valence-corrected chi connectivity index (χ0v) is 30.8. The number of carbonyl (C=O) groups is 1. The van der Waals surface area contributed by atoms with Gasteiger partial charge < -0.3 is 15.5 Å². The van der Waals surface area contributed by atoms with E-state index in [2.05, 4.69) is 79.9 Å². The van der Waals surface area contributed by atoms with Crippen molar-refractivity contribution in [2.75, 3.05) is 6.61 Å². The molecule has 47 heavy (non-hydrogen) atoms. The minimum absolute atomic E-state index is 0.0754. The van der Waals surface area contributed by atoms with Gasteiger partial charge in [-0.15, -0.1) is 0 Å². The third-order valence-electron chi connectivity index (χ3n) is 8.45. The zero-order valence-electron chi connectivity index (χ0n) is 30.8. The van der Waals surface area contributed by atoms with Crippen LogP contribution >= 0.6 is 0 Å². The van der Waals surface area contributed by atoms with Gasteiger partial charge in [-0.25, -0.2) is 0 Å². The van der Waals surface area contributed by atoms with Gasteiger partial charge in [-0.1, -0.05) is 177 Å². The number of hydrogen-bond donors (Lipinski definition) is 3. The molecule has 0 aliphatic carbocycles. The average molecular weight is 654 g/mol. The molecule has 2 atom stereocenters. The predicted molar refractivity (Wildman–Crippen MR) is 207 cm³/mol. The average Bonchev–Trinajstić information content (AvgIpc) is 3.07. The number of aliphatic hydroxyl groups excluding tert-OH is 2. The van der Waals surface area contributed by atoms with Crippen LogP contribution in [0.15, 0.2) is 72.9 Å². The molecule has 1 amide bonds. The summed E-state index contributed by atoms with van der Waals surface area (Å²) in [6.45, 7) is 4.10. The SMILES string of the molecule is CC/C=C\C/C=C\C/C=C\C/C=C\C/C=C\CCCCCCCCCCCCCCCC(=O)NC(CO)C(O)/C=C/CCCCCC. The first kappa shape index (κ1) is 44.8. The second kappa shape index (κ2) is 38.3. The van der Waals surface area contributed by atoms with Crippen molar-refractivity contribution in [3.05, 3.63) is 72.9 Å². The summed E-state index contributed by atoms with van der Waals surface area (Å²) >= 11 is 0. The van der Waals surface area contributed by atoms with Crippen molar-refractivity contribution in [3.63, 3.8) is 0 Å². The zero-order chi connectivity index (χ0) is 34.3. The molecule has 2 unspecified atom stereocenters. The number of rotatable bonds is 34. The van der Waals surface area contributed by atoms with Crippen LogP contribution in [0.4, 0.5) is 0 Å². The van der Waals surface area contributed by atoms with E-state index in [1.165, 1.54) is 96.3 Å². The van der Waals surface area contributed by atoms with Gasteiger partial charge in [0.1, 0.15) is 0 Å². The molecule has 4 heteroatoms. The largest absolute Gasteiger partial charge is 0.394 e. The number of carbonyl (C=O) groups excluding carboxylic acids is 1. The minimum atomic E-state index is -0.838. The van der Waals surface area contributed by atoms with Crippen molar-refractivity contribution in [3.8, 4) is 0 Å². The number of nitrogens with one attached hydrogen (secondary N) is 1. The lowest BCUT2D eigenvalue weighted by atomic mass is 10.0. The van der Waals surface area contributed by atoms with E-state index in [9.17, 15) is 15.0 Å². The van der Waals surface area contributed by atoms with Crippen LogP contribution in [0, 0.1) is 0 Å². The Morgan fingerprint density at radius 1 is 0.532 bits per heavy atom. The smallest absolute Gasteiger partial charge is 0.220 e. The normalized spacial score (nSPS) is 13.9. The van der Waals surface area contributed by atoms with Crippen LogP contribution in [0.25, 0.3) is 0 Å². The Balaban J connectivity index is 3.50. The Kier molecular flexibility index (Phi) is 36.5. The third-order valence-corrected chi connectivity index (χ3v) is 8.45. The van der Waals surface area contributed by atoms with Crippen LogP contribution in [0.3, 0.4) is 0 Å². The highest BCUT2D eigenvalue weighted by atomic mass is 16.3. The summed E-state index contributed by atoms with van der Waals surface area (Å²) < 4.78 is 0. The summed E-state index contributed by atoms with van der Waals surface area (Å²) in [5.74, 6) is -0.0754. The van der Waals surface area contributed by atoms with E-state index in [0.717, 1.165) is 57.8 Å². The number of aliphatic hydroxyl groups is 2. The lowest BCUT2D eigenvalue weighted by Crippen LogP contribution is -2.45. The van der Waals surface area contributed by atoms with E-state index in [0.29, 0.717) is 6.42 Å². The van der Waals surface area contributed by atoms with Crippen molar-refractivity contribution < 1.29 is 15.0 Å². The topological polar surface area (TPSA) is 69.6 Å². The highest BCUT2D eigenvalue weighted by Gasteiger charge is 2.17. The highest BCUT2D eigenvalue weighted by Crippen LogP contribution is 2.14. The van der Waals surface area contributed by atoms with Crippen molar-refractivity contribution in [1.29, 1.82) is 0 Å². The maximum atomic E-state index is 12.3. The van der Waals surface area contributed by atoms with Crippen molar-refractivity contribution in [1.82, 2.24) is 5.32 Å². The summed E-state index contributed by atoms with van der Waals surface area (Å²) in [6.07, 6.45) is 54.5. The first-order valence-corrected chi connectivity index (χ1v) is 19.7. The van der Waals surface area contributed by atoms with E-state index in [4.69, 9.17) is 0 Å². The van der Waals surface area contributed by atoms with Gasteiger partial charge in [0, 0.05) is 6.42 Å². The molecule has 0 aromatic rings. The molecule has 0 rings (SSSR count). The van der Waals surface area contributed by atoms with E-state index in [1.54, 1.807) is 6.08 Å². The minimum Gasteiger partial charge on any atom is -0.394 e. The second-order valence-electron chi connectivity index (χ2n) is 13.0. The van der Waals surface area contributed by atoms with Crippen LogP contribution in [0.5, 0.6) is 0 Å². The second-order valence-corrected chi connectivity index (χ2v) is 13.0. The summed E-state index contributed by atoms with van der Waals surface area (Å²) in [5.41, 5.74) is 0. The molecule has 3 N–H and O–H groups in total. The van der Waals surface area contributed by atoms with Crippen molar-refractivity contribution in [2.45, 2.75) is 187 Å². The third kappa shape index (κ3) is 35.0. The van der Waals surface area contributed by atoms with Crippen LogP contribution in [0.1, 0.15) is 174 Å². The molecule has 0 bridgehead atoms. The van der Waals surface area contributed by atoms with E-state index < -0.39 is 12.1 Å². The molecule has 0 aromatic carbocycles. The summed E-state index contributed by atoms with van der Waals surface area (Å²) in [6, 6.07) is -0.621.